The van der Waals surface area contributed by atoms with E-state index in [4.69, 9.17) is 0 Å². The van der Waals surface area contributed by atoms with E-state index in [9.17, 15) is 0 Å². The fourth-order valence-electron chi connectivity index (χ4n) is 2.75. The van der Waals surface area contributed by atoms with Gasteiger partial charge in [-0.1, -0.05) is 38.5 Å². The molecule has 20 heavy (non-hydrogen) atoms. The van der Waals surface area contributed by atoms with Gasteiger partial charge in [0.2, 0.25) is 0 Å². The first kappa shape index (κ1) is 17.0. The standard InChI is InChI=1S/C18H32N2/c1-7-11-19-13-18(5,8-2)14-20(6)17-10-9-15(3)12-16(17)4/h9-10,12,19H,7-8,11,13-14H2,1-6H3. The average Bonchev–Trinajstić information content (AvgIpc) is 2.38. The smallest absolute Gasteiger partial charge is 0.0393 e. The van der Waals surface area contributed by atoms with E-state index >= 15 is 0 Å². The van der Waals surface area contributed by atoms with E-state index in [-0.39, 0.29) is 0 Å². The molecule has 1 rings (SSSR count). The predicted octanol–water partition coefficient (Wildman–Crippen LogP) is 4.16. The number of hydrogen-bond acceptors (Lipinski definition) is 2. The van der Waals surface area contributed by atoms with E-state index in [1.54, 1.807) is 0 Å². The molecule has 1 aromatic carbocycles. The maximum atomic E-state index is 3.58. The number of benzene rings is 1. The van der Waals surface area contributed by atoms with E-state index in [1.165, 1.54) is 29.7 Å². The summed E-state index contributed by atoms with van der Waals surface area (Å²) in [7, 11) is 2.21. The summed E-state index contributed by atoms with van der Waals surface area (Å²) in [5.74, 6) is 0. The first-order chi connectivity index (χ1) is 9.41. The van der Waals surface area contributed by atoms with Crippen molar-refractivity contribution < 1.29 is 0 Å². The molecule has 0 aliphatic rings. The summed E-state index contributed by atoms with van der Waals surface area (Å²) < 4.78 is 0. The van der Waals surface area contributed by atoms with E-state index in [1.807, 2.05) is 0 Å². The number of nitrogens with one attached hydrogen (secondary N) is 1. The molecule has 0 saturated carbocycles. The second-order valence-electron chi connectivity index (χ2n) is 6.49. The predicted molar refractivity (Wildman–Crippen MR) is 90.7 cm³/mol. The highest BCUT2D eigenvalue weighted by molar-refractivity contribution is 5.53. The van der Waals surface area contributed by atoms with E-state index in [2.05, 4.69) is 70.1 Å². The Bertz CT molecular complexity index is 414. The fourth-order valence-corrected chi connectivity index (χ4v) is 2.75. The van der Waals surface area contributed by atoms with Crippen molar-refractivity contribution in [1.29, 1.82) is 0 Å². The van der Waals surface area contributed by atoms with Gasteiger partial charge in [-0.3, -0.25) is 0 Å². The van der Waals surface area contributed by atoms with Crippen LogP contribution < -0.4 is 10.2 Å². The third-order valence-corrected chi connectivity index (χ3v) is 4.21. The van der Waals surface area contributed by atoms with Crippen molar-refractivity contribution in [2.75, 3.05) is 31.6 Å². The topological polar surface area (TPSA) is 15.3 Å². The highest BCUT2D eigenvalue weighted by atomic mass is 15.1. The van der Waals surface area contributed by atoms with Crippen LogP contribution in [-0.2, 0) is 0 Å². The van der Waals surface area contributed by atoms with Crippen LogP contribution in [-0.4, -0.2) is 26.7 Å². The maximum Gasteiger partial charge on any atom is 0.0393 e. The van der Waals surface area contributed by atoms with Crippen molar-refractivity contribution in [3.8, 4) is 0 Å². The molecular formula is C18H32N2. The van der Waals surface area contributed by atoms with Crippen molar-refractivity contribution in [3.05, 3.63) is 29.3 Å². The summed E-state index contributed by atoms with van der Waals surface area (Å²) in [5, 5.41) is 3.58. The van der Waals surface area contributed by atoms with Gasteiger partial charge in [0.15, 0.2) is 0 Å². The summed E-state index contributed by atoms with van der Waals surface area (Å²) in [5.41, 5.74) is 4.38. The minimum Gasteiger partial charge on any atom is -0.374 e. The zero-order valence-electron chi connectivity index (χ0n) is 14.2. The first-order valence-electron chi connectivity index (χ1n) is 7.91. The molecule has 2 heteroatoms. The Morgan fingerprint density at radius 2 is 1.90 bits per heavy atom. The molecule has 0 aliphatic heterocycles. The van der Waals surface area contributed by atoms with Crippen LogP contribution in [0.2, 0.25) is 0 Å². The molecule has 1 aromatic rings. The van der Waals surface area contributed by atoms with Gasteiger partial charge >= 0.3 is 0 Å². The van der Waals surface area contributed by atoms with Crippen LogP contribution in [0.5, 0.6) is 0 Å². The molecule has 114 valence electrons. The lowest BCUT2D eigenvalue weighted by Crippen LogP contribution is -2.41. The van der Waals surface area contributed by atoms with Crippen molar-refractivity contribution >= 4 is 5.69 Å². The number of rotatable bonds is 8. The minimum atomic E-state index is 0.321. The van der Waals surface area contributed by atoms with Crippen molar-refractivity contribution in [2.24, 2.45) is 5.41 Å². The Balaban J connectivity index is 2.73. The zero-order valence-corrected chi connectivity index (χ0v) is 14.2. The summed E-state index contributed by atoms with van der Waals surface area (Å²) >= 11 is 0. The Kier molecular flexibility index (Phi) is 6.54. The Hall–Kier alpha value is -1.02. The molecule has 0 heterocycles. The van der Waals surface area contributed by atoms with Crippen LogP contribution in [0.3, 0.4) is 0 Å². The van der Waals surface area contributed by atoms with Gasteiger partial charge in [0.25, 0.3) is 0 Å². The molecule has 0 aliphatic carbocycles. The Morgan fingerprint density at radius 1 is 1.20 bits per heavy atom. The molecule has 0 amide bonds. The van der Waals surface area contributed by atoms with E-state index in [0.29, 0.717) is 5.41 Å². The zero-order chi connectivity index (χ0) is 15.2. The number of aryl methyl sites for hydroxylation is 2. The van der Waals surface area contributed by atoms with Crippen LogP contribution in [0.15, 0.2) is 18.2 Å². The molecule has 1 unspecified atom stereocenters. The second-order valence-corrected chi connectivity index (χ2v) is 6.49. The molecule has 0 fully saturated rings. The van der Waals surface area contributed by atoms with Gasteiger partial charge in [-0.15, -0.1) is 0 Å². The average molecular weight is 276 g/mol. The normalized spacial score (nSPS) is 14.1. The minimum absolute atomic E-state index is 0.321. The number of hydrogen-bond donors (Lipinski definition) is 1. The Labute approximate surface area is 125 Å². The lowest BCUT2D eigenvalue weighted by atomic mass is 9.86. The van der Waals surface area contributed by atoms with Gasteiger partial charge in [-0.05, 0) is 50.3 Å². The Morgan fingerprint density at radius 3 is 2.45 bits per heavy atom. The van der Waals surface area contributed by atoms with Crippen LogP contribution in [0.25, 0.3) is 0 Å². The van der Waals surface area contributed by atoms with Crippen molar-refractivity contribution in [1.82, 2.24) is 5.32 Å². The molecule has 0 radical (unpaired) electrons. The third kappa shape index (κ3) is 4.82. The largest absolute Gasteiger partial charge is 0.374 e. The molecule has 0 saturated heterocycles. The van der Waals surface area contributed by atoms with Gasteiger partial charge in [0.05, 0.1) is 0 Å². The van der Waals surface area contributed by atoms with Crippen LogP contribution in [0.1, 0.15) is 44.7 Å². The van der Waals surface area contributed by atoms with Crippen LogP contribution in [0, 0.1) is 19.3 Å². The van der Waals surface area contributed by atoms with Crippen molar-refractivity contribution in [2.45, 2.75) is 47.5 Å². The SMILES string of the molecule is CCCNCC(C)(CC)CN(C)c1ccc(C)cc1C. The van der Waals surface area contributed by atoms with Gasteiger partial charge in [-0.2, -0.15) is 0 Å². The highest BCUT2D eigenvalue weighted by Crippen LogP contribution is 2.26. The summed E-state index contributed by atoms with van der Waals surface area (Å²) in [6, 6.07) is 6.72. The van der Waals surface area contributed by atoms with Gasteiger partial charge in [0, 0.05) is 25.8 Å². The lowest BCUT2D eigenvalue weighted by Gasteiger charge is -2.35. The summed E-state index contributed by atoms with van der Waals surface area (Å²) in [6.45, 7) is 14.6. The molecular weight excluding hydrogens is 244 g/mol. The molecule has 0 aromatic heterocycles. The quantitative estimate of drug-likeness (QED) is 0.717. The lowest BCUT2D eigenvalue weighted by molar-refractivity contribution is 0.299. The van der Waals surface area contributed by atoms with Gasteiger partial charge in [-0.25, -0.2) is 0 Å². The van der Waals surface area contributed by atoms with Gasteiger partial charge < -0.3 is 10.2 Å². The second kappa shape index (κ2) is 7.68. The van der Waals surface area contributed by atoms with Crippen molar-refractivity contribution in [3.63, 3.8) is 0 Å². The fraction of sp³-hybridized carbons (Fsp3) is 0.667. The number of anilines is 1. The maximum absolute atomic E-state index is 3.58. The number of nitrogens with zero attached hydrogens (tertiary/aromatic N) is 1. The molecule has 1 atom stereocenters. The molecule has 0 bridgehead atoms. The highest BCUT2D eigenvalue weighted by Gasteiger charge is 2.24. The van der Waals surface area contributed by atoms with E-state index < -0.39 is 0 Å². The summed E-state index contributed by atoms with van der Waals surface area (Å²) in [4.78, 5) is 2.41. The summed E-state index contributed by atoms with van der Waals surface area (Å²) in [6.07, 6.45) is 2.39. The van der Waals surface area contributed by atoms with Crippen LogP contribution in [0.4, 0.5) is 5.69 Å². The molecule has 2 nitrogen and oxygen atoms in total. The van der Waals surface area contributed by atoms with E-state index in [0.717, 1.165) is 19.6 Å². The third-order valence-electron chi connectivity index (χ3n) is 4.21. The van der Waals surface area contributed by atoms with Crippen LogP contribution >= 0.6 is 0 Å². The molecule has 0 spiro atoms. The first-order valence-corrected chi connectivity index (χ1v) is 7.91. The monoisotopic (exact) mass is 276 g/mol. The van der Waals surface area contributed by atoms with Gasteiger partial charge in [0.1, 0.15) is 0 Å². The molecule has 1 N–H and O–H groups in total.